The average molecular weight is 619 g/mol. The van der Waals surface area contributed by atoms with E-state index in [4.69, 9.17) is 29.0 Å². The summed E-state index contributed by atoms with van der Waals surface area (Å²) < 4.78 is 26.1. The Morgan fingerprint density at radius 2 is 1.82 bits per heavy atom. The summed E-state index contributed by atoms with van der Waals surface area (Å²) in [6.07, 6.45) is 6.20. The molecule has 1 saturated heterocycles. The van der Waals surface area contributed by atoms with Crippen molar-refractivity contribution in [3.05, 3.63) is 83.7 Å². The van der Waals surface area contributed by atoms with Gasteiger partial charge in [0.1, 0.15) is 5.82 Å². The second-order valence-electron chi connectivity index (χ2n) is 12.8. The number of allylic oxidation sites excluding steroid dienone is 1. The van der Waals surface area contributed by atoms with Crippen molar-refractivity contribution < 1.29 is 23.7 Å². The molecule has 1 aromatic carbocycles. The molecule has 0 N–H and O–H groups in total. The number of nitrogens with zero attached hydrogens (tertiary/aromatic N) is 4. The highest BCUT2D eigenvalue weighted by Gasteiger charge is 2.38. The van der Waals surface area contributed by atoms with Crippen LogP contribution in [0.15, 0.2) is 55.6 Å². The number of ether oxygens (including phenoxy) is 4. The van der Waals surface area contributed by atoms with Gasteiger partial charge in [-0.3, -0.25) is 0 Å². The third kappa shape index (κ3) is 8.81. The normalized spacial score (nSPS) is 15.6. The zero-order valence-corrected chi connectivity index (χ0v) is 27.9. The molecular formula is C36H50N4O5. The van der Waals surface area contributed by atoms with Crippen LogP contribution in [0.3, 0.4) is 0 Å². The van der Waals surface area contributed by atoms with Gasteiger partial charge in [0, 0.05) is 24.8 Å². The summed E-state index contributed by atoms with van der Waals surface area (Å²) in [5, 5.41) is 4.99. The number of carbonyl (C=O) groups is 1. The number of rotatable bonds is 15. The van der Waals surface area contributed by atoms with E-state index in [1.165, 1.54) is 5.56 Å². The zero-order valence-electron chi connectivity index (χ0n) is 27.9. The molecule has 1 fully saturated rings. The average Bonchev–Trinajstić information content (AvgIpc) is 3.40. The van der Waals surface area contributed by atoms with Gasteiger partial charge in [-0.25, -0.2) is 9.78 Å². The van der Waals surface area contributed by atoms with Gasteiger partial charge < -0.3 is 23.8 Å². The highest BCUT2D eigenvalue weighted by molar-refractivity contribution is 5.80. The quantitative estimate of drug-likeness (QED) is 0.135. The van der Waals surface area contributed by atoms with Gasteiger partial charge in [-0.2, -0.15) is 9.61 Å². The Hall–Kier alpha value is -3.53. The van der Waals surface area contributed by atoms with Crippen LogP contribution in [0.5, 0.6) is 0 Å². The topological polar surface area (TPSA) is 87.4 Å². The Balaban J connectivity index is 1.71. The van der Waals surface area contributed by atoms with Gasteiger partial charge >= 0.3 is 5.97 Å². The molecule has 0 amide bonds. The summed E-state index contributed by atoms with van der Waals surface area (Å²) in [5.41, 5.74) is 4.34. The Morgan fingerprint density at radius 3 is 2.47 bits per heavy atom. The van der Waals surface area contributed by atoms with E-state index in [1.807, 2.05) is 50.4 Å². The SMILES string of the molecule is C=CCCc1ccccc1COCc1cc2nc(C)c([C@H](OC(C)(C)C)C(=O)OCC)c(N3CCC(C)(OCC=C)CC3)n2n1. The summed E-state index contributed by atoms with van der Waals surface area (Å²) in [6.45, 7) is 22.3. The second kappa shape index (κ2) is 15.2. The number of hydrogen-bond donors (Lipinski definition) is 0. The molecule has 1 atom stereocenters. The lowest BCUT2D eigenvalue weighted by molar-refractivity contribution is -0.166. The van der Waals surface area contributed by atoms with E-state index in [0.717, 1.165) is 42.8 Å². The fourth-order valence-corrected chi connectivity index (χ4v) is 5.70. The van der Waals surface area contributed by atoms with Crippen molar-refractivity contribution in [1.29, 1.82) is 0 Å². The number of esters is 1. The van der Waals surface area contributed by atoms with Gasteiger partial charge in [-0.15, -0.1) is 13.2 Å². The van der Waals surface area contributed by atoms with Crippen LogP contribution in [0.2, 0.25) is 0 Å². The van der Waals surface area contributed by atoms with Crippen LogP contribution in [0.25, 0.3) is 5.65 Å². The predicted molar refractivity (Wildman–Crippen MR) is 177 cm³/mol. The van der Waals surface area contributed by atoms with Crippen molar-refractivity contribution in [1.82, 2.24) is 14.6 Å². The highest BCUT2D eigenvalue weighted by atomic mass is 16.6. The molecule has 1 aliphatic rings. The number of aryl methyl sites for hydroxylation is 2. The number of fused-ring (bicyclic) bond motifs is 1. The van der Waals surface area contributed by atoms with Gasteiger partial charge in [-0.05, 0) is 78.4 Å². The molecule has 3 aromatic rings. The number of carbonyl (C=O) groups excluding carboxylic acids is 1. The van der Waals surface area contributed by atoms with Gasteiger partial charge in [0.05, 0.1) is 48.9 Å². The Bertz CT molecular complexity index is 1470. The fourth-order valence-electron chi connectivity index (χ4n) is 5.70. The van der Waals surface area contributed by atoms with Gasteiger partial charge in [-0.1, -0.05) is 36.4 Å². The zero-order chi connectivity index (χ0) is 32.6. The van der Waals surface area contributed by atoms with Crippen LogP contribution in [-0.4, -0.2) is 58.1 Å². The van der Waals surface area contributed by atoms with Crippen LogP contribution in [-0.2, 0) is 43.4 Å². The molecule has 0 radical (unpaired) electrons. The lowest BCUT2D eigenvalue weighted by Gasteiger charge is -2.41. The molecule has 0 bridgehead atoms. The predicted octanol–water partition coefficient (Wildman–Crippen LogP) is 6.85. The van der Waals surface area contributed by atoms with Crippen molar-refractivity contribution in [2.75, 3.05) is 31.2 Å². The van der Waals surface area contributed by atoms with E-state index in [0.29, 0.717) is 49.8 Å². The van der Waals surface area contributed by atoms with Crippen LogP contribution in [0, 0.1) is 6.92 Å². The molecule has 2 aromatic heterocycles. The first kappa shape index (κ1) is 34.3. The van der Waals surface area contributed by atoms with Crippen molar-refractivity contribution >= 4 is 17.4 Å². The van der Waals surface area contributed by atoms with Crippen molar-refractivity contribution in [2.45, 2.75) is 97.7 Å². The largest absolute Gasteiger partial charge is 0.464 e. The van der Waals surface area contributed by atoms with Gasteiger partial charge in [0.25, 0.3) is 0 Å². The lowest BCUT2D eigenvalue weighted by Crippen LogP contribution is -2.45. The smallest absolute Gasteiger partial charge is 0.340 e. The summed E-state index contributed by atoms with van der Waals surface area (Å²) in [5.74, 6) is 0.339. The van der Waals surface area contributed by atoms with Crippen molar-refractivity contribution in [3.63, 3.8) is 0 Å². The number of anilines is 1. The van der Waals surface area contributed by atoms with Gasteiger partial charge in [0.15, 0.2) is 11.8 Å². The third-order valence-corrected chi connectivity index (χ3v) is 8.00. The third-order valence-electron chi connectivity index (χ3n) is 8.00. The van der Waals surface area contributed by atoms with Gasteiger partial charge in [0.2, 0.25) is 0 Å². The molecule has 244 valence electrons. The number of benzene rings is 1. The number of aromatic nitrogens is 3. The minimum atomic E-state index is -0.974. The van der Waals surface area contributed by atoms with Crippen LogP contribution >= 0.6 is 0 Å². The first-order valence-electron chi connectivity index (χ1n) is 16.0. The minimum absolute atomic E-state index is 0.246. The fraction of sp³-hybridized carbons (Fsp3) is 0.528. The van der Waals surface area contributed by atoms with E-state index in [-0.39, 0.29) is 12.2 Å². The molecule has 0 aliphatic carbocycles. The van der Waals surface area contributed by atoms with E-state index >= 15 is 0 Å². The highest BCUT2D eigenvalue weighted by Crippen LogP contribution is 2.38. The van der Waals surface area contributed by atoms with E-state index in [2.05, 4.69) is 43.2 Å². The first-order chi connectivity index (χ1) is 21.5. The monoisotopic (exact) mass is 618 g/mol. The molecule has 0 unspecified atom stereocenters. The maximum atomic E-state index is 13.5. The van der Waals surface area contributed by atoms with E-state index in [9.17, 15) is 4.79 Å². The molecule has 0 saturated carbocycles. The number of piperidine rings is 1. The second-order valence-corrected chi connectivity index (χ2v) is 12.8. The minimum Gasteiger partial charge on any atom is -0.464 e. The molecule has 9 heteroatoms. The maximum Gasteiger partial charge on any atom is 0.340 e. The first-order valence-corrected chi connectivity index (χ1v) is 16.0. The molecule has 4 rings (SSSR count). The summed E-state index contributed by atoms with van der Waals surface area (Å²) in [6, 6.07) is 10.3. The van der Waals surface area contributed by atoms with Crippen molar-refractivity contribution in [2.24, 2.45) is 0 Å². The Kier molecular flexibility index (Phi) is 11.6. The number of hydrogen-bond acceptors (Lipinski definition) is 8. The summed E-state index contributed by atoms with van der Waals surface area (Å²) in [4.78, 5) is 20.6. The molecule has 1 aliphatic heterocycles. The maximum absolute atomic E-state index is 13.5. The standard InChI is InChI=1S/C36H50N4O5/c1-9-12-15-27-16-13-14-17-28(27)24-42-25-29-23-30-37-26(4)31(32(34(41)43-11-3)45-35(5,6)7)33(40(30)38-29)39-20-18-36(8,19-21-39)44-22-10-2/h9-10,13-14,16-17,23,32H,1-2,11-12,15,18-22,24-25H2,3-8H3/t32-/m0/s1. The molecule has 0 spiro atoms. The van der Waals surface area contributed by atoms with Crippen LogP contribution in [0.4, 0.5) is 5.82 Å². The Labute approximate surface area is 268 Å². The summed E-state index contributed by atoms with van der Waals surface area (Å²) in [7, 11) is 0. The molecular weight excluding hydrogens is 568 g/mol. The summed E-state index contributed by atoms with van der Waals surface area (Å²) >= 11 is 0. The molecule has 45 heavy (non-hydrogen) atoms. The van der Waals surface area contributed by atoms with Crippen LogP contribution in [0.1, 0.15) is 88.1 Å². The van der Waals surface area contributed by atoms with E-state index < -0.39 is 17.7 Å². The Morgan fingerprint density at radius 1 is 1.11 bits per heavy atom. The molecule has 3 heterocycles. The van der Waals surface area contributed by atoms with Crippen molar-refractivity contribution in [3.8, 4) is 0 Å². The lowest BCUT2D eigenvalue weighted by atomic mass is 9.92. The molecule has 9 nitrogen and oxygen atoms in total. The van der Waals surface area contributed by atoms with E-state index in [1.54, 1.807) is 13.0 Å². The van der Waals surface area contributed by atoms with Crippen LogP contribution < -0.4 is 4.90 Å².